The summed E-state index contributed by atoms with van der Waals surface area (Å²) < 4.78 is 0. The molecule has 0 saturated carbocycles. The highest BCUT2D eigenvalue weighted by molar-refractivity contribution is 5.60. The molecule has 2 aromatic carbocycles. The van der Waals surface area contributed by atoms with Gasteiger partial charge in [-0.3, -0.25) is 0 Å². The monoisotopic (exact) mass is 235 g/mol. The minimum atomic E-state index is 0.355. The molecule has 0 spiro atoms. The summed E-state index contributed by atoms with van der Waals surface area (Å²) in [4.78, 5) is 0. The average molecular weight is 235 g/mol. The molecular formula is C17H17N. The van der Waals surface area contributed by atoms with Crippen LogP contribution in [-0.2, 0) is 0 Å². The number of anilines is 1. The highest BCUT2D eigenvalue weighted by Crippen LogP contribution is 2.34. The average Bonchev–Trinajstić information content (AvgIpc) is 2.43. The van der Waals surface area contributed by atoms with Crippen LogP contribution in [0.5, 0.6) is 0 Å². The van der Waals surface area contributed by atoms with Gasteiger partial charge in [-0.2, -0.15) is 0 Å². The summed E-state index contributed by atoms with van der Waals surface area (Å²) in [5.41, 5.74) is 3.89. The van der Waals surface area contributed by atoms with Gasteiger partial charge >= 0.3 is 0 Å². The van der Waals surface area contributed by atoms with Crippen LogP contribution in [0.4, 0.5) is 5.69 Å². The van der Waals surface area contributed by atoms with Crippen LogP contribution < -0.4 is 5.32 Å². The number of hydrogen-bond donors (Lipinski definition) is 1. The second kappa shape index (κ2) is 4.69. The number of fused-ring (bicyclic) bond motifs is 1. The van der Waals surface area contributed by atoms with Crippen LogP contribution in [0.3, 0.4) is 0 Å². The molecule has 0 unspecified atom stereocenters. The fourth-order valence-corrected chi connectivity index (χ4v) is 2.52. The van der Waals surface area contributed by atoms with Crippen LogP contribution in [0.15, 0.2) is 60.7 Å². The first-order valence-corrected chi connectivity index (χ1v) is 6.43. The zero-order chi connectivity index (χ0) is 12.4. The quantitative estimate of drug-likeness (QED) is 0.808. The molecule has 1 N–H and O–H groups in total. The van der Waals surface area contributed by atoms with Crippen molar-refractivity contribution in [3.63, 3.8) is 0 Å². The maximum Gasteiger partial charge on any atom is 0.0579 e. The van der Waals surface area contributed by atoms with Gasteiger partial charge in [0.25, 0.3) is 0 Å². The van der Waals surface area contributed by atoms with Gasteiger partial charge < -0.3 is 5.32 Å². The summed E-state index contributed by atoms with van der Waals surface area (Å²) in [6.07, 6.45) is 4.51. The van der Waals surface area contributed by atoms with Gasteiger partial charge in [-0.15, -0.1) is 0 Å². The minimum Gasteiger partial charge on any atom is -0.378 e. The van der Waals surface area contributed by atoms with Crippen LogP contribution in [0, 0.1) is 5.92 Å². The van der Waals surface area contributed by atoms with E-state index in [0.29, 0.717) is 12.0 Å². The maximum atomic E-state index is 3.64. The predicted octanol–water partition coefficient (Wildman–Crippen LogP) is 4.50. The summed E-state index contributed by atoms with van der Waals surface area (Å²) in [6, 6.07) is 19.4. The molecule has 1 nitrogen and oxygen atoms in total. The van der Waals surface area contributed by atoms with Gasteiger partial charge in [-0.1, -0.05) is 61.5 Å². The molecule has 0 heterocycles. The summed E-state index contributed by atoms with van der Waals surface area (Å²) in [5, 5.41) is 3.64. The molecule has 0 aromatic heterocycles. The zero-order valence-electron chi connectivity index (χ0n) is 10.5. The van der Waals surface area contributed by atoms with Crippen LogP contribution in [0.1, 0.15) is 24.1 Å². The van der Waals surface area contributed by atoms with Crippen molar-refractivity contribution < 1.29 is 0 Å². The van der Waals surface area contributed by atoms with E-state index < -0.39 is 0 Å². The predicted molar refractivity (Wildman–Crippen MR) is 77.4 cm³/mol. The number of rotatable bonds is 2. The van der Waals surface area contributed by atoms with Crippen molar-refractivity contribution in [2.24, 2.45) is 5.92 Å². The molecular weight excluding hydrogens is 218 g/mol. The largest absolute Gasteiger partial charge is 0.378 e. The zero-order valence-corrected chi connectivity index (χ0v) is 10.5. The van der Waals surface area contributed by atoms with Crippen LogP contribution in [0.25, 0.3) is 6.08 Å². The Hall–Kier alpha value is -2.02. The van der Waals surface area contributed by atoms with Gasteiger partial charge in [-0.05, 0) is 29.2 Å². The third-order valence-electron chi connectivity index (χ3n) is 3.53. The molecule has 18 heavy (non-hydrogen) atoms. The van der Waals surface area contributed by atoms with Crippen molar-refractivity contribution in [1.82, 2.24) is 0 Å². The van der Waals surface area contributed by atoms with Crippen molar-refractivity contribution in [3.05, 3.63) is 71.8 Å². The first kappa shape index (κ1) is 11.1. The van der Waals surface area contributed by atoms with E-state index in [9.17, 15) is 0 Å². The normalized spacial score (nSPS) is 21.4. The Morgan fingerprint density at radius 2 is 1.61 bits per heavy atom. The number of hydrogen-bond acceptors (Lipinski definition) is 1. The second-order valence-corrected chi connectivity index (χ2v) is 4.84. The third-order valence-corrected chi connectivity index (χ3v) is 3.53. The lowest BCUT2D eigenvalue weighted by Gasteiger charge is -2.29. The number of para-hydroxylation sites is 1. The molecule has 1 aliphatic carbocycles. The summed E-state index contributed by atoms with van der Waals surface area (Å²) in [7, 11) is 0. The van der Waals surface area contributed by atoms with Gasteiger partial charge in [0.15, 0.2) is 0 Å². The molecule has 0 radical (unpaired) electrons. The SMILES string of the molecule is C[C@H]1C=Cc2ccccc2[C@H]1Nc1ccccc1. The third kappa shape index (κ3) is 2.04. The van der Waals surface area contributed by atoms with E-state index in [0.717, 1.165) is 0 Å². The molecule has 2 aromatic rings. The van der Waals surface area contributed by atoms with Crippen molar-refractivity contribution >= 4 is 11.8 Å². The molecule has 2 atom stereocenters. The smallest absolute Gasteiger partial charge is 0.0579 e. The van der Waals surface area contributed by atoms with E-state index in [-0.39, 0.29) is 0 Å². The molecule has 1 heteroatoms. The molecule has 3 rings (SSSR count). The second-order valence-electron chi connectivity index (χ2n) is 4.84. The van der Waals surface area contributed by atoms with E-state index >= 15 is 0 Å². The summed E-state index contributed by atoms with van der Waals surface area (Å²) >= 11 is 0. The molecule has 0 saturated heterocycles. The van der Waals surface area contributed by atoms with Gasteiger partial charge in [0.05, 0.1) is 6.04 Å². The van der Waals surface area contributed by atoms with E-state index in [1.54, 1.807) is 0 Å². The molecule has 0 aliphatic heterocycles. The maximum absolute atomic E-state index is 3.64. The van der Waals surface area contributed by atoms with Gasteiger partial charge in [-0.25, -0.2) is 0 Å². The number of benzene rings is 2. The standard InChI is InChI=1S/C17H17N/c1-13-11-12-14-7-5-6-10-16(14)17(13)18-15-8-3-2-4-9-15/h2-13,17-18H,1H3/t13-,17-/m0/s1. The Morgan fingerprint density at radius 3 is 2.44 bits per heavy atom. The summed E-state index contributed by atoms with van der Waals surface area (Å²) in [5.74, 6) is 0.500. The Kier molecular flexibility index (Phi) is 2.89. The van der Waals surface area contributed by atoms with Crippen LogP contribution >= 0.6 is 0 Å². The van der Waals surface area contributed by atoms with Crippen LogP contribution in [0.2, 0.25) is 0 Å². The van der Waals surface area contributed by atoms with Crippen molar-refractivity contribution in [2.45, 2.75) is 13.0 Å². The first-order valence-electron chi connectivity index (χ1n) is 6.43. The highest BCUT2D eigenvalue weighted by atomic mass is 14.9. The van der Waals surface area contributed by atoms with Gasteiger partial charge in [0.1, 0.15) is 0 Å². The lowest BCUT2D eigenvalue weighted by molar-refractivity contribution is 0.598. The Bertz CT molecular complexity index is 557. The minimum absolute atomic E-state index is 0.355. The molecule has 90 valence electrons. The lowest BCUT2D eigenvalue weighted by atomic mass is 9.85. The molecule has 0 bridgehead atoms. The van der Waals surface area contributed by atoms with Crippen molar-refractivity contribution in [3.8, 4) is 0 Å². The van der Waals surface area contributed by atoms with E-state index in [1.165, 1.54) is 16.8 Å². The van der Waals surface area contributed by atoms with Gasteiger partial charge in [0.2, 0.25) is 0 Å². The van der Waals surface area contributed by atoms with E-state index in [2.05, 4.69) is 72.9 Å². The van der Waals surface area contributed by atoms with Crippen molar-refractivity contribution in [1.29, 1.82) is 0 Å². The fourth-order valence-electron chi connectivity index (χ4n) is 2.52. The van der Waals surface area contributed by atoms with Crippen LogP contribution in [-0.4, -0.2) is 0 Å². The lowest BCUT2D eigenvalue weighted by Crippen LogP contribution is -2.20. The summed E-state index contributed by atoms with van der Waals surface area (Å²) in [6.45, 7) is 2.26. The highest BCUT2D eigenvalue weighted by Gasteiger charge is 2.22. The molecule has 0 amide bonds. The van der Waals surface area contributed by atoms with E-state index in [1.807, 2.05) is 6.07 Å². The Balaban J connectivity index is 1.94. The first-order chi connectivity index (χ1) is 8.84. The molecule has 0 fully saturated rings. The van der Waals surface area contributed by atoms with E-state index in [4.69, 9.17) is 0 Å². The number of nitrogens with one attached hydrogen (secondary N) is 1. The topological polar surface area (TPSA) is 12.0 Å². The van der Waals surface area contributed by atoms with Crippen molar-refractivity contribution in [2.75, 3.05) is 5.32 Å². The Morgan fingerprint density at radius 1 is 0.889 bits per heavy atom. The Labute approximate surface area is 108 Å². The van der Waals surface area contributed by atoms with Gasteiger partial charge in [0, 0.05) is 5.69 Å². The molecule has 1 aliphatic rings. The fraction of sp³-hybridized carbons (Fsp3) is 0.176.